The summed E-state index contributed by atoms with van der Waals surface area (Å²) in [5.74, 6) is 2.59. The van der Waals surface area contributed by atoms with E-state index in [0.29, 0.717) is 48.4 Å². The number of nitrogens with one attached hydrogen (secondary N) is 3. The van der Waals surface area contributed by atoms with E-state index in [1.54, 1.807) is 45.5 Å². The molecular weight excluding hydrogens is 384 g/mol. The number of para-hydroxylation sites is 2. The first kappa shape index (κ1) is 22.9. The van der Waals surface area contributed by atoms with Crippen molar-refractivity contribution in [2.24, 2.45) is 4.99 Å². The van der Waals surface area contributed by atoms with Gasteiger partial charge in [0.25, 0.3) is 5.91 Å². The smallest absolute Gasteiger partial charge is 0.251 e. The molecule has 0 heterocycles. The van der Waals surface area contributed by atoms with Crippen LogP contribution in [0.25, 0.3) is 0 Å². The fraction of sp³-hybridized carbons (Fsp3) is 0.364. The zero-order valence-electron chi connectivity index (χ0n) is 17.9. The lowest BCUT2D eigenvalue weighted by Gasteiger charge is -2.19. The fourth-order valence-corrected chi connectivity index (χ4v) is 2.64. The molecule has 2 aromatic rings. The van der Waals surface area contributed by atoms with E-state index < -0.39 is 0 Å². The maximum absolute atomic E-state index is 12.1. The van der Waals surface area contributed by atoms with E-state index in [9.17, 15) is 4.79 Å². The van der Waals surface area contributed by atoms with Crippen molar-refractivity contribution in [1.29, 1.82) is 0 Å². The molecule has 2 rings (SSSR count). The summed E-state index contributed by atoms with van der Waals surface area (Å²) in [6.07, 6.45) is -0.102. The molecule has 8 heteroatoms. The third kappa shape index (κ3) is 7.20. The maximum Gasteiger partial charge on any atom is 0.251 e. The zero-order chi connectivity index (χ0) is 21.8. The summed E-state index contributed by atoms with van der Waals surface area (Å²) in [6.45, 7) is 3.50. The monoisotopic (exact) mass is 414 g/mol. The molecule has 2 aromatic carbocycles. The summed E-state index contributed by atoms with van der Waals surface area (Å²) in [5, 5.41) is 9.23. The van der Waals surface area contributed by atoms with Gasteiger partial charge in [0, 0.05) is 25.7 Å². The number of carbonyl (C=O) groups excluding carboxylic acids is 1. The minimum absolute atomic E-state index is 0.102. The Morgan fingerprint density at radius 2 is 1.60 bits per heavy atom. The van der Waals surface area contributed by atoms with E-state index in [2.05, 4.69) is 20.9 Å². The van der Waals surface area contributed by atoms with Crippen LogP contribution < -0.4 is 30.2 Å². The Labute approximate surface area is 177 Å². The highest BCUT2D eigenvalue weighted by Gasteiger charge is 2.09. The quantitative estimate of drug-likeness (QED) is 0.313. The van der Waals surface area contributed by atoms with Gasteiger partial charge in [-0.25, -0.2) is 0 Å². The van der Waals surface area contributed by atoms with Gasteiger partial charge in [0.1, 0.15) is 11.9 Å². The number of methoxy groups -OCH3 is 2. The highest BCUT2D eigenvalue weighted by atomic mass is 16.5. The van der Waals surface area contributed by atoms with Gasteiger partial charge < -0.3 is 30.2 Å². The predicted octanol–water partition coefficient (Wildman–Crippen LogP) is 2.07. The van der Waals surface area contributed by atoms with Gasteiger partial charge in [-0.2, -0.15) is 0 Å². The number of guanidine groups is 1. The summed E-state index contributed by atoms with van der Waals surface area (Å²) in [7, 11) is 4.90. The lowest BCUT2D eigenvalue weighted by molar-refractivity contribution is 0.0954. The Morgan fingerprint density at radius 1 is 0.933 bits per heavy atom. The van der Waals surface area contributed by atoms with Crippen LogP contribution in [0.3, 0.4) is 0 Å². The number of nitrogens with zero attached hydrogens (tertiary/aromatic N) is 1. The number of ether oxygens (including phenoxy) is 3. The van der Waals surface area contributed by atoms with Crippen LogP contribution >= 0.6 is 0 Å². The molecule has 0 aliphatic heterocycles. The van der Waals surface area contributed by atoms with Gasteiger partial charge in [-0.15, -0.1) is 0 Å². The van der Waals surface area contributed by atoms with Crippen LogP contribution in [0.4, 0.5) is 0 Å². The summed E-state index contributed by atoms with van der Waals surface area (Å²) >= 11 is 0. The fourth-order valence-electron chi connectivity index (χ4n) is 2.64. The normalized spacial score (nSPS) is 11.9. The van der Waals surface area contributed by atoms with Crippen molar-refractivity contribution in [2.75, 3.05) is 40.9 Å². The lowest BCUT2D eigenvalue weighted by atomic mass is 10.2. The SMILES string of the molecule is CN=C(NCCNC(=O)c1ccc(OC)cc1)NCC(C)Oc1ccccc1OC. The largest absolute Gasteiger partial charge is 0.497 e. The molecule has 0 fully saturated rings. The Hall–Kier alpha value is -3.42. The second kappa shape index (κ2) is 12.2. The number of amides is 1. The highest BCUT2D eigenvalue weighted by molar-refractivity contribution is 5.94. The van der Waals surface area contributed by atoms with Gasteiger partial charge >= 0.3 is 0 Å². The standard InChI is InChI=1S/C22H30N4O4/c1-16(30-20-8-6-5-7-19(20)29-4)15-26-22(23-2)25-14-13-24-21(27)17-9-11-18(28-3)12-10-17/h5-12,16H,13-15H2,1-4H3,(H,24,27)(H2,23,25,26). The second-order valence-electron chi connectivity index (χ2n) is 6.44. The van der Waals surface area contributed by atoms with Crippen LogP contribution in [0.5, 0.6) is 17.2 Å². The first-order chi connectivity index (χ1) is 14.6. The van der Waals surface area contributed by atoms with Crippen LogP contribution in [0, 0.1) is 0 Å². The van der Waals surface area contributed by atoms with E-state index >= 15 is 0 Å². The molecule has 0 spiro atoms. The van der Waals surface area contributed by atoms with Crippen LogP contribution in [-0.4, -0.2) is 58.9 Å². The number of aliphatic imine (C=N–C) groups is 1. The van der Waals surface area contributed by atoms with Crippen LogP contribution in [0.2, 0.25) is 0 Å². The molecule has 0 radical (unpaired) electrons. The molecule has 1 atom stereocenters. The molecule has 162 valence electrons. The number of benzene rings is 2. The molecule has 1 amide bonds. The van der Waals surface area contributed by atoms with Gasteiger partial charge in [0.15, 0.2) is 17.5 Å². The molecule has 8 nitrogen and oxygen atoms in total. The van der Waals surface area contributed by atoms with E-state index in [1.807, 2.05) is 31.2 Å². The van der Waals surface area contributed by atoms with Crippen molar-refractivity contribution >= 4 is 11.9 Å². The first-order valence-electron chi connectivity index (χ1n) is 9.73. The Kier molecular flexibility index (Phi) is 9.30. The van der Waals surface area contributed by atoms with Crippen molar-refractivity contribution in [3.05, 3.63) is 54.1 Å². The van der Waals surface area contributed by atoms with Crippen molar-refractivity contribution in [1.82, 2.24) is 16.0 Å². The van der Waals surface area contributed by atoms with Gasteiger partial charge in [0.05, 0.1) is 20.8 Å². The van der Waals surface area contributed by atoms with Gasteiger partial charge in [0.2, 0.25) is 0 Å². The average molecular weight is 415 g/mol. The maximum atomic E-state index is 12.1. The van der Waals surface area contributed by atoms with E-state index in [1.165, 1.54) is 0 Å². The Morgan fingerprint density at radius 3 is 2.23 bits per heavy atom. The third-order valence-electron chi connectivity index (χ3n) is 4.23. The molecule has 0 saturated heterocycles. The summed E-state index contributed by atoms with van der Waals surface area (Å²) in [5.41, 5.74) is 0.584. The van der Waals surface area contributed by atoms with E-state index in [-0.39, 0.29) is 12.0 Å². The molecular formula is C22H30N4O4. The number of hydrogen-bond donors (Lipinski definition) is 3. The van der Waals surface area contributed by atoms with Crippen molar-refractivity contribution < 1.29 is 19.0 Å². The first-order valence-corrected chi connectivity index (χ1v) is 9.73. The molecule has 1 unspecified atom stereocenters. The minimum atomic E-state index is -0.138. The highest BCUT2D eigenvalue weighted by Crippen LogP contribution is 2.26. The molecule has 0 aromatic heterocycles. The summed E-state index contributed by atoms with van der Waals surface area (Å²) in [4.78, 5) is 16.3. The Balaban J connectivity index is 1.69. The van der Waals surface area contributed by atoms with Crippen molar-refractivity contribution in [3.8, 4) is 17.2 Å². The minimum Gasteiger partial charge on any atom is -0.497 e. The van der Waals surface area contributed by atoms with Crippen molar-refractivity contribution in [3.63, 3.8) is 0 Å². The number of rotatable bonds is 10. The molecule has 0 aliphatic rings. The predicted molar refractivity (Wildman–Crippen MR) is 118 cm³/mol. The molecule has 0 aliphatic carbocycles. The topological polar surface area (TPSA) is 93.2 Å². The summed E-state index contributed by atoms with van der Waals surface area (Å²) in [6, 6.07) is 14.5. The van der Waals surface area contributed by atoms with E-state index in [0.717, 1.165) is 0 Å². The van der Waals surface area contributed by atoms with Crippen LogP contribution in [0.1, 0.15) is 17.3 Å². The average Bonchev–Trinajstić information content (AvgIpc) is 2.78. The number of carbonyl (C=O) groups is 1. The molecule has 0 saturated carbocycles. The van der Waals surface area contributed by atoms with Gasteiger partial charge in [-0.05, 0) is 43.3 Å². The molecule has 3 N–H and O–H groups in total. The van der Waals surface area contributed by atoms with Crippen LogP contribution in [-0.2, 0) is 0 Å². The van der Waals surface area contributed by atoms with Gasteiger partial charge in [-0.3, -0.25) is 9.79 Å². The number of hydrogen-bond acceptors (Lipinski definition) is 5. The molecule has 30 heavy (non-hydrogen) atoms. The lowest BCUT2D eigenvalue weighted by Crippen LogP contribution is -2.44. The zero-order valence-corrected chi connectivity index (χ0v) is 17.9. The third-order valence-corrected chi connectivity index (χ3v) is 4.23. The molecule has 0 bridgehead atoms. The van der Waals surface area contributed by atoms with Crippen molar-refractivity contribution in [2.45, 2.75) is 13.0 Å². The summed E-state index contributed by atoms with van der Waals surface area (Å²) < 4.78 is 16.3. The van der Waals surface area contributed by atoms with Gasteiger partial charge in [-0.1, -0.05) is 12.1 Å². The Bertz CT molecular complexity index is 824. The second-order valence-corrected chi connectivity index (χ2v) is 6.44. The van der Waals surface area contributed by atoms with E-state index in [4.69, 9.17) is 14.2 Å². The van der Waals surface area contributed by atoms with Crippen LogP contribution in [0.15, 0.2) is 53.5 Å².